The van der Waals surface area contributed by atoms with Gasteiger partial charge in [0, 0.05) is 5.57 Å². The number of hydrogen-bond donors (Lipinski definition) is 0. The summed E-state index contributed by atoms with van der Waals surface area (Å²) < 4.78 is 5.39. The average molecular weight is 263 g/mol. The Labute approximate surface area is 116 Å². The van der Waals surface area contributed by atoms with Gasteiger partial charge < -0.3 is 4.74 Å². The van der Waals surface area contributed by atoms with Crippen LogP contribution < -0.4 is 0 Å². The highest BCUT2D eigenvalue weighted by atomic mass is 16.5. The van der Waals surface area contributed by atoms with Crippen LogP contribution in [0.3, 0.4) is 0 Å². The molecule has 0 bridgehead atoms. The predicted octanol–water partition coefficient (Wildman–Crippen LogP) is 3.05. The summed E-state index contributed by atoms with van der Waals surface area (Å²) in [6.07, 6.45) is 12.0. The molecule has 0 aromatic rings. The number of Topliss-reactive ketones (excluding diaryl/α,β-unsaturated/α-hetero) is 1. The Kier molecular flexibility index (Phi) is 3.92. The third-order valence-corrected chi connectivity index (χ3v) is 5.04. The highest BCUT2D eigenvalue weighted by Crippen LogP contribution is 2.40. The monoisotopic (exact) mass is 263 g/mol. The molecule has 0 spiro atoms. The molecular weight excluding hydrogens is 238 g/mol. The molecular formula is C16H25NO2. The van der Waals surface area contributed by atoms with Crippen molar-refractivity contribution in [2.45, 2.75) is 63.3 Å². The van der Waals surface area contributed by atoms with Crippen molar-refractivity contribution in [1.82, 2.24) is 4.90 Å². The number of likely N-dealkylation sites (tertiary alicyclic amines) is 1. The number of ether oxygens (including phenoxy) is 1. The van der Waals surface area contributed by atoms with E-state index < -0.39 is 0 Å². The first-order chi connectivity index (χ1) is 9.33. The fourth-order valence-electron chi connectivity index (χ4n) is 4.00. The normalized spacial score (nSPS) is 27.7. The van der Waals surface area contributed by atoms with Crippen LogP contribution in [0.2, 0.25) is 0 Å². The fourth-order valence-corrected chi connectivity index (χ4v) is 4.00. The second-order valence-electron chi connectivity index (χ2n) is 6.23. The first-order valence-electron chi connectivity index (χ1n) is 7.93. The lowest BCUT2D eigenvalue weighted by atomic mass is 9.83. The maximum atomic E-state index is 13.0. The van der Waals surface area contributed by atoms with Crippen molar-refractivity contribution in [2.24, 2.45) is 0 Å². The van der Waals surface area contributed by atoms with Crippen LogP contribution in [0.15, 0.2) is 11.8 Å². The molecule has 19 heavy (non-hydrogen) atoms. The van der Waals surface area contributed by atoms with E-state index in [1.165, 1.54) is 32.1 Å². The van der Waals surface area contributed by atoms with Gasteiger partial charge in [-0.2, -0.15) is 0 Å². The molecule has 3 aliphatic rings. The van der Waals surface area contributed by atoms with Crippen molar-refractivity contribution in [3.8, 4) is 0 Å². The number of hydrogen-bond acceptors (Lipinski definition) is 3. The van der Waals surface area contributed by atoms with E-state index in [0.717, 1.165) is 51.0 Å². The molecule has 2 heterocycles. The Morgan fingerprint density at radius 2 is 1.79 bits per heavy atom. The van der Waals surface area contributed by atoms with Crippen LogP contribution in [-0.2, 0) is 9.53 Å². The molecule has 0 aromatic heterocycles. The van der Waals surface area contributed by atoms with Gasteiger partial charge in [0.1, 0.15) is 0 Å². The van der Waals surface area contributed by atoms with E-state index in [0.29, 0.717) is 5.78 Å². The van der Waals surface area contributed by atoms with E-state index >= 15 is 0 Å². The number of nitrogens with zero attached hydrogens (tertiary/aromatic N) is 1. The van der Waals surface area contributed by atoms with Crippen molar-refractivity contribution in [1.29, 1.82) is 0 Å². The number of ketones is 1. The van der Waals surface area contributed by atoms with Gasteiger partial charge in [0.05, 0.1) is 18.4 Å². The lowest BCUT2D eigenvalue weighted by Crippen LogP contribution is -2.55. The molecule has 2 aliphatic heterocycles. The highest BCUT2D eigenvalue weighted by molar-refractivity contribution is 6.02. The summed E-state index contributed by atoms with van der Waals surface area (Å²) in [7, 11) is 0. The third kappa shape index (κ3) is 2.45. The van der Waals surface area contributed by atoms with E-state index in [2.05, 4.69) is 4.90 Å². The van der Waals surface area contributed by atoms with Crippen LogP contribution in [0.5, 0.6) is 0 Å². The molecule has 0 atom stereocenters. The van der Waals surface area contributed by atoms with Crippen LogP contribution in [-0.4, -0.2) is 35.9 Å². The number of carbonyl (C=O) groups excluding carboxylic acids is 1. The minimum Gasteiger partial charge on any atom is -0.501 e. The molecule has 3 nitrogen and oxygen atoms in total. The Balaban J connectivity index is 1.82. The molecule has 1 saturated heterocycles. The standard InChI is InChI=1S/C16H25NO2/c18-15(14-7-6-12-19-13-14)16(8-2-3-9-16)17-10-4-1-5-11-17/h13H,1-12H2. The summed E-state index contributed by atoms with van der Waals surface area (Å²) in [5.41, 5.74) is 0.770. The van der Waals surface area contributed by atoms with Gasteiger partial charge in [0.15, 0.2) is 5.78 Å². The van der Waals surface area contributed by atoms with Gasteiger partial charge >= 0.3 is 0 Å². The van der Waals surface area contributed by atoms with Crippen LogP contribution >= 0.6 is 0 Å². The summed E-state index contributed by atoms with van der Waals surface area (Å²) in [4.78, 5) is 15.5. The minimum absolute atomic E-state index is 0.174. The van der Waals surface area contributed by atoms with Gasteiger partial charge in [-0.25, -0.2) is 0 Å². The zero-order valence-corrected chi connectivity index (χ0v) is 11.8. The predicted molar refractivity (Wildman–Crippen MR) is 74.9 cm³/mol. The molecule has 1 saturated carbocycles. The first kappa shape index (κ1) is 13.2. The molecule has 0 unspecified atom stereocenters. The molecule has 2 fully saturated rings. The van der Waals surface area contributed by atoms with Crippen molar-refractivity contribution in [3.05, 3.63) is 11.8 Å². The highest BCUT2D eigenvalue weighted by Gasteiger charge is 2.47. The van der Waals surface area contributed by atoms with Gasteiger partial charge in [-0.05, 0) is 51.6 Å². The summed E-state index contributed by atoms with van der Waals surface area (Å²) in [5.74, 6) is 0.381. The summed E-state index contributed by atoms with van der Waals surface area (Å²) in [6.45, 7) is 2.99. The smallest absolute Gasteiger partial charge is 0.182 e. The third-order valence-electron chi connectivity index (χ3n) is 5.04. The van der Waals surface area contributed by atoms with Crippen molar-refractivity contribution in [3.63, 3.8) is 0 Å². The maximum absolute atomic E-state index is 13.0. The molecule has 3 rings (SSSR count). The molecule has 0 amide bonds. The van der Waals surface area contributed by atoms with Gasteiger partial charge in [-0.15, -0.1) is 0 Å². The number of piperidine rings is 1. The van der Waals surface area contributed by atoms with E-state index in [4.69, 9.17) is 4.74 Å². The minimum atomic E-state index is -0.174. The van der Waals surface area contributed by atoms with Crippen molar-refractivity contribution in [2.75, 3.05) is 19.7 Å². The zero-order valence-electron chi connectivity index (χ0n) is 11.8. The van der Waals surface area contributed by atoms with Crippen LogP contribution in [0.4, 0.5) is 0 Å². The van der Waals surface area contributed by atoms with Crippen LogP contribution in [0.25, 0.3) is 0 Å². The first-order valence-corrected chi connectivity index (χ1v) is 7.93. The van der Waals surface area contributed by atoms with E-state index in [1.807, 2.05) is 0 Å². The van der Waals surface area contributed by atoms with Gasteiger partial charge in [0.25, 0.3) is 0 Å². The molecule has 3 heteroatoms. The molecule has 106 valence electrons. The topological polar surface area (TPSA) is 29.5 Å². The summed E-state index contributed by atoms with van der Waals surface area (Å²) in [5, 5.41) is 0. The largest absolute Gasteiger partial charge is 0.501 e. The Hall–Kier alpha value is -0.830. The lowest BCUT2D eigenvalue weighted by molar-refractivity contribution is -0.128. The molecule has 0 radical (unpaired) electrons. The Bertz CT molecular complexity index is 363. The Morgan fingerprint density at radius 3 is 2.42 bits per heavy atom. The second-order valence-corrected chi connectivity index (χ2v) is 6.23. The molecule has 1 aliphatic carbocycles. The zero-order chi connectivity index (χ0) is 13.1. The van der Waals surface area contributed by atoms with Crippen molar-refractivity contribution < 1.29 is 9.53 Å². The van der Waals surface area contributed by atoms with Gasteiger partial charge in [-0.3, -0.25) is 9.69 Å². The average Bonchev–Trinajstić information content (AvgIpc) is 2.99. The molecule has 0 N–H and O–H groups in total. The second kappa shape index (κ2) is 5.66. The Morgan fingerprint density at radius 1 is 1.05 bits per heavy atom. The van der Waals surface area contributed by atoms with Crippen LogP contribution in [0, 0.1) is 0 Å². The summed E-state index contributed by atoms with van der Waals surface area (Å²) >= 11 is 0. The van der Waals surface area contributed by atoms with E-state index in [1.54, 1.807) is 6.26 Å². The lowest BCUT2D eigenvalue weighted by Gasteiger charge is -2.43. The summed E-state index contributed by atoms with van der Waals surface area (Å²) in [6, 6.07) is 0. The fraction of sp³-hybridized carbons (Fsp3) is 0.812. The van der Waals surface area contributed by atoms with Crippen molar-refractivity contribution >= 4 is 5.78 Å². The number of rotatable bonds is 3. The van der Waals surface area contributed by atoms with E-state index in [9.17, 15) is 4.79 Å². The maximum Gasteiger partial charge on any atom is 0.182 e. The quantitative estimate of drug-likeness (QED) is 0.784. The van der Waals surface area contributed by atoms with E-state index in [-0.39, 0.29) is 5.54 Å². The number of carbonyl (C=O) groups is 1. The molecule has 0 aromatic carbocycles. The van der Waals surface area contributed by atoms with Gasteiger partial charge in [0.2, 0.25) is 0 Å². The van der Waals surface area contributed by atoms with Gasteiger partial charge in [-0.1, -0.05) is 19.3 Å². The van der Waals surface area contributed by atoms with Crippen LogP contribution in [0.1, 0.15) is 57.8 Å². The SMILES string of the molecule is O=C(C1=COCCC1)C1(N2CCCCC2)CCCC1.